The zero-order valence-electron chi connectivity index (χ0n) is 6.57. The van der Waals surface area contributed by atoms with E-state index >= 15 is 0 Å². The lowest BCUT2D eigenvalue weighted by atomic mass is 10.1. The van der Waals surface area contributed by atoms with E-state index in [1.165, 1.54) is 0 Å². The molecule has 2 unspecified atom stereocenters. The maximum absolute atomic E-state index is 9.42. The van der Waals surface area contributed by atoms with Crippen LogP contribution in [0.2, 0.25) is 0 Å². The number of rotatable bonds is 3. The van der Waals surface area contributed by atoms with E-state index in [1.807, 2.05) is 24.6 Å². The minimum absolute atomic E-state index is 0.407. The predicted octanol–water partition coefficient (Wildman–Crippen LogP) is 0.819. The van der Waals surface area contributed by atoms with Crippen LogP contribution in [0, 0.1) is 6.42 Å². The standard InChI is InChI=1S/C9H13O2/c1-7(10)6-9(11)8-4-2-3-5-8/h2-5,7,9-11H,6H2,1H3. The monoisotopic (exact) mass is 153 g/mol. The summed E-state index contributed by atoms with van der Waals surface area (Å²) in [5.74, 6) is 0. The molecular weight excluding hydrogens is 140 g/mol. The molecule has 0 bridgehead atoms. The Morgan fingerprint density at radius 1 is 1.45 bits per heavy atom. The van der Waals surface area contributed by atoms with Crippen molar-refractivity contribution in [1.29, 1.82) is 0 Å². The zero-order valence-corrected chi connectivity index (χ0v) is 6.57. The van der Waals surface area contributed by atoms with Crippen LogP contribution < -0.4 is 0 Å². The van der Waals surface area contributed by atoms with Crippen LogP contribution in [0.3, 0.4) is 0 Å². The van der Waals surface area contributed by atoms with Crippen LogP contribution in [0.4, 0.5) is 0 Å². The van der Waals surface area contributed by atoms with Gasteiger partial charge < -0.3 is 10.2 Å². The van der Waals surface area contributed by atoms with Crippen molar-refractivity contribution in [2.45, 2.75) is 25.6 Å². The molecule has 0 saturated carbocycles. The summed E-state index contributed by atoms with van der Waals surface area (Å²) < 4.78 is 0. The lowest BCUT2D eigenvalue weighted by Crippen LogP contribution is -2.15. The van der Waals surface area contributed by atoms with Gasteiger partial charge >= 0.3 is 0 Å². The first-order valence-electron chi connectivity index (χ1n) is 3.78. The average Bonchev–Trinajstić information content (AvgIpc) is 2.35. The fraction of sp³-hybridized carbons (Fsp3) is 0.444. The molecule has 1 radical (unpaired) electrons. The highest BCUT2D eigenvalue weighted by Gasteiger charge is 2.12. The van der Waals surface area contributed by atoms with E-state index in [2.05, 4.69) is 0 Å². The summed E-state index contributed by atoms with van der Waals surface area (Å²) in [6.07, 6.45) is 6.90. The molecule has 1 aliphatic carbocycles. The Hall–Kier alpha value is -0.600. The number of allylic oxidation sites excluding steroid dienone is 2. The molecule has 0 saturated heterocycles. The molecule has 0 aromatic heterocycles. The lowest BCUT2D eigenvalue weighted by Gasteiger charge is -2.11. The molecule has 2 N–H and O–H groups in total. The third-order valence-corrected chi connectivity index (χ3v) is 1.64. The van der Waals surface area contributed by atoms with Gasteiger partial charge in [0.25, 0.3) is 0 Å². The Kier molecular flexibility index (Phi) is 2.85. The number of aliphatic hydroxyl groups is 2. The molecule has 0 aromatic carbocycles. The Labute approximate surface area is 66.9 Å². The maximum Gasteiger partial charge on any atom is 0.0811 e. The normalized spacial score (nSPS) is 21.5. The predicted molar refractivity (Wildman–Crippen MR) is 43.8 cm³/mol. The SMILES string of the molecule is CC(O)CC(O)C1=C[CH]C=C1. The Bertz CT molecular complexity index is 180. The third kappa shape index (κ3) is 2.48. The van der Waals surface area contributed by atoms with Crippen LogP contribution >= 0.6 is 0 Å². The van der Waals surface area contributed by atoms with Crippen molar-refractivity contribution in [2.75, 3.05) is 0 Å². The summed E-state index contributed by atoms with van der Waals surface area (Å²) >= 11 is 0. The van der Waals surface area contributed by atoms with Gasteiger partial charge in [0, 0.05) is 12.8 Å². The number of hydrogen-bond donors (Lipinski definition) is 2. The molecule has 0 aliphatic heterocycles. The zero-order chi connectivity index (χ0) is 8.27. The Morgan fingerprint density at radius 3 is 2.64 bits per heavy atom. The van der Waals surface area contributed by atoms with Gasteiger partial charge in [0.2, 0.25) is 0 Å². The average molecular weight is 153 g/mol. The number of hydrogen-bond acceptors (Lipinski definition) is 2. The molecule has 1 rings (SSSR count). The van der Waals surface area contributed by atoms with Gasteiger partial charge in [-0.15, -0.1) is 0 Å². The van der Waals surface area contributed by atoms with Crippen LogP contribution in [0.25, 0.3) is 0 Å². The first-order valence-corrected chi connectivity index (χ1v) is 3.78. The van der Waals surface area contributed by atoms with E-state index in [0.717, 1.165) is 5.57 Å². The molecule has 2 heteroatoms. The number of aliphatic hydroxyl groups excluding tert-OH is 2. The van der Waals surface area contributed by atoms with Crippen molar-refractivity contribution in [3.8, 4) is 0 Å². The van der Waals surface area contributed by atoms with Gasteiger partial charge in [-0.2, -0.15) is 0 Å². The van der Waals surface area contributed by atoms with Crippen LogP contribution in [-0.2, 0) is 0 Å². The van der Waals surface area contributed by atoms with Crippen molar-refractivity contribution in [3.05, 3.63) is 30.2 Å². The summed E-state index contributed by atoms with van der Waals surface area (Å²) in [7, 11) is 0. The summed E-state index contributed by atoms with van der Waals surface area (Å²) in [4.78, 5) is 0. The highest BCUT2D eigenvalue weighted by molar-refractivity contribution is 5.36. The van der Waals surface area contributed by atoms with E-state index in [0.29, 0.717) is 6.42 Å². The van der Waals surface area contributed by atoms with Crippen molar-refractivity contribution in [3.63, 3.8) is 0 Å². The fourth-order valence-corrected chi connectivity index (χ4v) is 1.07. The van der Waals surface area contributed by atoms with E-state index < -0.39 is 12.2 Å². The maximum atomic E-state index is 9.42. The summed E-state index contributed by atoms with van der Waals surface area (Å²) in [6.45, 7) is 1.67. The first kappa shape index (κ1) is 8.50. The quantitative estimate of drug-likeness (QED) is 0.630. The first-order chi connectivity index (χ1) is 5.20. The van der Waals surface area contributed by atoms with E-state index in [1.54, 1.807) is 6.92 Å². The molecule has 0 aromatic rings. The molecule has 11 heavy (non-hydrogen) atoms. The molecule has 0 fully saturated rings. The van der Waals surface area contributed by atoms with E-state index in [9.17, 15) is 5.11 Å². The molecule has 0 heterocycles. The van der Waals surface area contributed by atoms with Crippen LogP contribution in [0.5, 0.6) is 0 Å². The third-order valence-electron chi connectivity index (χ3n) is 1.64. The molecular formula is C9H13O2. The van der Waals surface area contributed by atoms with Crippen molar-refractivity contribution < 1.29 is 10.2 Å². The summed E-state index contributed by atoms with van der Waals surface area (Å²) in [5.41, 5.74) is 0.880. The van der Waals surface area contributed by atoms with Crippen molar-refractivity contribution >= 4 is 0 Å². The molecule has 0 spiro atoms. The molecule has 0 amide bonds. The second kappa shape index (κ2) is 3.69. The second-order valence-corrected chi connectivity index (χ2v) is 2.82. The van der Waals surface area contributed by atoms with Gasteiger partial charge in [-0.3, -0.25) is 0 Å². The van der Waals surface area contributed by atoms with Crippen LogP contribution in [-0.4, -0.2) is 22.4 Å². The lowest BCUT2D eigenvalue weighted by molar-refractivity contribution is 0.112. The van der Waals surface area contributed by atoms with Gasteiger partial charge in [0.1, 0.15) is 0 Å². The largest absolute Gasteiger partial charge is 0.393 e. The summed E-state index contributed by atoms with van der Waals surface area (Å²) in [6, 6.07) is 0. The van der Waals surface area contributed by atoms with Gasteiger partial charge in [0.15, 0.2) is 0 Å². The van der Waals surface area contributed by atoms with Crippen molar-refractivity contribution in [1.82, 2.24) is 0 Å². The molecule has 1 aliphatic rings. The topological polar surface area (TPSA) is 40.5 Å². The highest BCUT2D eigenvalue weighted by Crippen LogP contribution is 2.15. The second-order valence-electron chi connectivity index (χ2n) is 2.82. The molecule has 2 nitrogen and oxygen atoms in total. The van der Waals surface area contributed by atoms with Crippen molar-refractivity contribution in [2.24, 2.45) is 0 Å². The Balaban J connectivity index is 2.41. The molecule has 2 atom stereocenters. The minimum Gasteiger partial charge on any atom is -0.393 e. The summed E-state index contributed by atoms with van der Waals surface area (Å²) in [5, 5.41) is 18.4. The van der Waals surface area contributed by atoms with Gasteiger partial charge in [-0.1, -0.05) is 18.2 Å². The van der Waals surface area contributed by atoms with Gasteiger partial charge in [-0.05, 0) is 12.5 Å². The van der Waals surface area contributed by atoms with Gasteiger partial charge in [-0.25, -0.2) is 0 Å². The van der Waals surface area contributed by atoms with Gasteiger partial charge in [0.05, 0.1) is 12.2 Å². The van der Waals surface area contributed by atoms with Crippen LogP contribution in [0.1, 0.15) is 13.3 Å². The molecule has 61 valence electrons. The fourth-order valence-electron chi connectivity index (χ4n) is 1.07. The highest BCUT2D eigenvalue weighted by atomic mass is 16.3. The minimum atomic E-state index is -0.523. The van der Waals surface area contributed by atoms with E-state index in [-0.39, 0.29) is 0 Å². The van der Waals surface area contributed by atoms with E-state index in [4.69, 9.17) is 5.11 Å². The smallest absolute Gasteiger partial charge is 0.0811 e. The van der Waals surface area contributed by atoms with Crippen LogP contribution in [0.15, 0.2) is 23.8 Å². The Morgan fingerprint density at radius 2 is 2.18 bits per heavy atom.